The van der Waals surface area contributed by atoms with E-state index in [-0.39, 0.29) is 23.5 Å². The molecule has 0 aliphatic carbocycles. The van der Waals surface area contributed by atoms with Gasteiger partial charge in [-0.2, -0.15) is 8.42 Å². The van der Waals surface area contributed by atoms with Crippen LogP contribution in [0.25, 0.3) is 0 Å². The minimum absolute atomic E-state index is 0.103. The number of benzene rings is 2. The first-order valence-electron chi connectivity index (χ1n) is 9.43. The second-order valence-electron chi connectivity index (χ2n) is 7.01. The fraction of sp³-hybridized carbons (Fsp3) is 0.381. The zero-order valence-electron chi connectivity index (χ0n) is 17.2. The van der Waals surface area contributed by atoms with E-state index in [0.717, 1.165) is 16.1 Å². The van der Waals surface area contributed by atoms with E-state index >= 15 is 0 Å². The van der Waals surface area contributed by atoms with Crippen molar-refractivity contribution in [2.45, 2.75) is 32.2 Å². The summed E-state index contributed by atoms with van der Waals surface area (Å²) in [5, 5.41) is 2.93. The van der Waals surface area contributed by atoms with Gasteiger partial charge in [-0.3, -0.25) is 0 Å². The molecule has 0 unspecified atom stereocenters. The number of hydrogen-bond acceptors (Lipinski definition) is 5. The third-order valence-electron chi connectivity index (χ3n) is 4.06. The van der Waals surface area contributed by atoms with E-state index in [2.05, 4.69) is 5.32 Å². The van der Waals surface area contributed by atoms with Gasteiger partial charge in [0.05, 0.1) is 5.75 Å². The molecule has 0 radical (unpaired) electrons. The number of carbonyl (C=O) groups is 1. The Morgan fingerprint density at radius 2 is 1.86 bits per heavy atom. The van der Waals surface area contributed by atoms with Crippen molar-refractivity contribution >= 4 is 33.6 Å². The van der Waals surface area contributed by atoms with Crippen molar-refractivity contribution in [1.82, 2.24) is 4.90 Å². The molecule has 0 saturated heterocycles. The van der Waals surface area contributed by atoms with E-state index < -0.39 is 10.1 Å². The number of rotatable bonds is 9. The summed E-state index contributed by atoms with van der Waals surface area (Å²) < 4.78 is 28.5. The van der Waals surface area contributed by atoms with Gasteiger partial charge < -0.3 is 14.4 Å². The van der Waals surface area contributed by atoms with Gasteiger partial charge in [-0.1, -0.05) is 26.0 Å². The first-order valence-corrected chi connectivity index (χ1v) is 12.2. The lowest BCUT2D eigenvalue weighted by Crippen LogP contribution is -2.37. The van der Waals surface area contributed by atoms with Crippen molar-refractivity contribution in [2.24, 2.45) is 5.92 Å². The molecule has 0 aromatic heterocycles. The van der Waals surface area contributed by atoms with Gasteiger partial charge in [0.15, 0.2) is 0 Å². The smallest absolute Gasteiger partial charge is 0.322 e. The molecule has 0 aliphatic rings. The number of amides is 2. The predicted molar refractivity (Wildman–Crippen MR) is 119 cm³/mol. The average Bonchev–Trinajstić information content (AvgIpc) is 2.67. The molecule has 2 amide bonds. The average molecular weight is 437 g/mol. The Bertz CT molecular complexity index is 913. The van der Waals surface area contributed by atoms with Crippen LogP contribution < -0.4 is 9.50 Å². The van der Waals surface area contributed by atoms with Gasteiger partial charge >= 0.3 is 16.1 Å². The standard InChI is InChI=1S/C21H28N2O4S2/c1-5-29(25,26)27-19-8-6-7-17(13-19)15-23(14-16(2)3)21(24)22-18-9-11-20(28-4)12-10-18/h6-13,16H,5,14-15H2,1-4H3,(H,22,24). The predicted octanol–water partition coefficient (Wildman–Crippen LogP) is 4.83. The second kappa shape index (κ2) is 10.5. The number of anilines is 1. The molecule has 0 bridgehead atoms. The molecule has 0 spiro atoms. The number of hydrogen-bond donors (Lipinski definition) is 1. The first kappa shape index (κ1) is 23.1. The van der Waals surface area contributed by atoms with Gasteiger partial charge in [0.1, 0.15) is 5.75 Å². The molecular weight excluding hydrogens is 408 g/mol. The fourth-order valence-corrected chi connectivity index (χ4v) is 3.58. The summed E-state index contributed by atoms with van der Waals surface area (Å²) in [6.45, 7) is 6.52. The molecule has 0 saturated carbocycles. The van der Waals surface area contributed by atoms with E-state index in [0.29, 0.717) is 13.1 Å². The number of urea groups is 1. The maximum absolute atomic E-state index is 12.8. The van der Waals surface area contributed by atoms with E-state index in [4.69, 9.17) is 4.18 Å². The second-order valence-corrected chi connectivity index (χ2v) is 9.75. The van der Waals surface area contributed by atoms with Gasteiger partial charge in [0.2, 0.25) is 0 Å². The van der Waals surface area contributed by atoms with Crippen LogP contribution in [-0.4, -0.2) is 37.9 Å². The number of nitrogens with zero attached hydrogens (tertiary/aromatic N) is 1. The molecule has 2 aromatic rings. The maximum Gasteiger partial charge on any atom is 0.322 e. The van der Waals surface area contributed by atoms with Gasteiger partial charge in [-0.25, -0.2) is 4.79 Å². The molecule has 2 rings (SSSR count). The summed E-state index contributed by atoms with van der Waals surface area (Å²) in [6, 6.07) is 14.3. The van der Waals surface area contributed by atoms with E-state index in [1.807, 2.05) is 50.4 Å². The fourth-order valence-electron chi connectivity index (χ4n) is 2.66. The first-order chi connectivity index (χ1) is 13.7. The summed E-state index contributed by atoms with van der Waals surface area (Å²) >= 11 is 1.64. The molecule has 0 aliphatic heterocycles. The van der Waals surface area contributed by atoms with E-state index in [9.17, 15) is 13.2 Å². The Morgan fingerprint density at radius 1 is 1.17 bits per heavy atom. The normalized spacial score (nSPS) is 11.3. The Labute approximate surface area is 177 Å². The highest BCUT2D eigenvalue weighted by Crippen LogP contribution is 2.20. The van der Waals surface area contributed by atoms with Crippen molar-refractivity contribution < 1.29 is 17.4 Å². The Morgan fingerprint density at radius 3 is 2.45 bits per heavy atom. The molecule has 0 fully saturated rings. The van der Waals surface area contributed by atoms with Crippen LogP contribution in [0.3, 0.4) is 0 Å². The number of thioether (sulfide) groups is 1. The molecule has 0 atom stereocenters. The molecular formula is C21H28N2O4S2. The summed E-state index contributed by atoms with van der Waals surface area (Å²) in [4.78, 5) is 15.7. The maximum atomic E-state index is 12.8. The quantitative estimate of drug-likeness (QED) is 0.450. The summed E-state index contributed by atoms with van der Waals surface area (Å²) in [6.07, 6.45) is 2.00. The van der Waals surface area contributed by atoms with Crippen molar-refractivity contribution in [3.63, 3.8) is 0 Å². The molecule has 29 heavy (non-hydrogen) atoms. The minimum atomic E-state index is -3.59. The lowest BCUT2D eigenvalue weighted by Gasteiger charge is -2.25. The molecule has 0 heterocycles. The topological polar surface area (TPSA) is 75.7 Å². The molecule has 158 valence electrons. The van der Waals surface area contributed by atoms with Crippen LogP contribution in [0, 0.1) is 5.92 Å². The Balaban J connectivity index is 2.14. The number of carbonyl (C=O) groups excluding carboxylic acids is 1. The minimum Gasteiger partial charge on any atom is -0.382 e. The molecule has 1 N–H and O–H groups in total. The summed E-state index contributed by atoms with van der Waals surface area (Å²) in [5.41, 5.74) is 1.52. The van der Waals surface area contributed by atoms with Crippen LogP contribution in [-0.2, 0) is 16.7 Å². The third-order valence-corrected chi connectivity index (χ3v) is 5.96. The van der Waals surface area contributed by atoms with Crippen molar-refractivity contribution in [3.05, 3.63) is 54.1 Å². The molecule has 8 heteroatoms. The zero-order valence-corrected chi connectivity index (χ0v) is 18.8. The van der Waals surface area contributed by atoms with Crippen molar-refractivity contribution in [3.8, 4) is 5.75 Å². The van der Waals surface area contributed by atoms with E-state index in [1.165, 1.54) is 6.92 Å². The molecule has 2 aromatic carbocycles. The lowest BCUT2D eigenvalue weighted by atomic mass is 10.1. The largest absolute Gasteiger partial charge is 0.382 e. The highest BCUT2D eigenvalue weighted by atomic mass is 32.2. The van der Waals surface area contributed by atoms with Gasteiger partial charge in [-0.05, 0) is 61.1 Å². The van der Waals surface area contributed by atoms with Crippen LogP contribution >= 0.6 is 11.8 Å². The van der Waals surface area contributed by atoms with Crippen LogP contribution in [0.4, 0.5) is 10.5 Å². The molecule has 6 nitrogen and oxygen atoms in total. The van der Waals surface area contributed by atoms with Crippen LogP contribution in [0.1, 0.15) is 26.3 Å². The van der Waals surface area contributed by atoms with Gasteiger partial charge in [0, 0.05) is 23.7 Å². The van der Waals surface area contributed by atoms with Crippen LogP contribution in [0.15, 0.2) is 53.4 Å². The SMILES string of the molecule is CCS(=O)(=O)Oc1cccc(CN(CC(C)C)C(=O)Nc2ccc(SC)cc2)c1. The van der Waals surface area contributed by atoms with Crippen LogP contribution in [0.5, 0.6) is 5.75 Å². The lowest BCUT2D eigenvalue weighted by molar-refractivity contribution is 0.201. The van der Waals surface area contributed by atoms with Gasteiger partial charge in [0.25, 0.3) is 0 Å². The Kier molecular flexibility index (Phi) is 8.40. The monoisotopic (exact) mass is 436 g/mol. The number of nitrogens with one attached hydrogen (secondary N) is 1. The summed E-state index contributed by atoms with van der Waals surface area (Å²) in [7, 11) is -3.59. The van der Waals surface area contributed by atoms with Gasteiger partial charge in [-0.15, -0.1) is 11.8 Å². The Hall–Kier alpha value is -2.19. The van der Waals surface area contributed by atoms with Crippen molar-refractivity contribution in [1.29, 1.82) is 0 Å². The van der Waals surface area contributed by atoms with Crippen molar-refractivity contribution in [2.75, 3.05) is 23.9 Å². The third kappa shape index (κ3) is 7.62. The van der Waals surface area contributed by atoms with E-state index in [1.54, 1.807) is 34.9 Å². The zero-order chi connectivity index (χ0) is 21.4. The highest BCUT2D eigenvalue weighted by molar-refractivity contribution is 7.98. The summed E-state index contributed by atoms with van der Waals surface area (Å²) in [5.74, 6) is 0.426. The van der Waals surface area contributed by atoms with Crippen LogP contribution in [0.2, 0.25) is 0 Å². The highest BCUT2D eigenvalue weighted by Gasteiger charge is 2.17.